The van der Waals surface area contributed by atoms with Crippen LogP contribution in [0.25, 0.3) is 0 Å². The smallest absolute Gasteiger partial charge is 0.216 e. The first kappa shape index (κ1) is 12.5. The van der Waals surface area contributed by atoms with Crippen LogP contribution in [0.1, 0.15) is 46.0 Å². The van der Waals surface area contributed by atoms with E-state index in [0.717, 1.165) is 19.0 Å². The molecular formula is C12H24N2O. The molecule has 3 heteroatoms. The minimum Gasteiger partial charge on any atom is -0.355 e. The molecule has 0 bridgehead atoms. The standard InChI is InChI=1S/C12H24N2O/c1-10-4-3-5-12(7-6-10)14-9-8-13-11(2)15/h10,12,14H,3-9H2,1-2H3,(H,13,15). The highest BCUT2D eigenvalue weighted by atomic mass is 16.1. The second-order valence-electron chi connectivity index (χ2n) is 4.75. The van der Waals surface area contributed by atoms with E-state index in [1.54, 1.807) is 6.92 Å². The lowest BCUT2D eigenvalue weighted by atomic mass is 10.0. The van der Waals surface area contributed by atoms with Crippen LogP contribution in [0.5, 0.6) is 0 Å². The molecule has 1 rings (SSSR count). The maximum absolute atomic E-state index is 10.7. The fourth-order valence-corrected chi connectivity index (χ4v) is 2.21. The van der Waals surface area contributed by atoms with Crippen LogP contribution in [0, 0.1) is 5.92 Å². The van der Waals surface area contributed by atoms with Crippen molar-refractivity contribution in [2.45, 2.75) is 52.0 Å². The van der Waals surface area contributed by atoms with Gasteiger partial charge in [0.1, 0.15) is 0 Å². The van der Waals surface area contributed by atoms with E-state index in [4.69, 9.17) is 0 Å². The quantitative estimate of drug-likeness (QED) is 0.550. The number of amides is 1. The Bertz CT molecular complexity index is 194. The zero-order chi connectivity index (χ0) is 11.1. The highest BCUT2D eigenvalue weighted by Crippen LogP contribution is 2.22. The molecule has 2 unspecified atom stereocenters. The molecule has 0 aromatic rings. The van der Waals surface area contributed by atoms with Gasteiger partial charge in [-0.3, -0.25) is 4.79 Å². The minimum absolute atomic E-state index is 0.0614. The van der Waals surface area contributed by atoms with Crippen LogP contribution < -0.4 is 10.6 Å². The molecular weight excluding hydrogens is 188 g/mol. The monoisotopic (exact) mass is 212 g/mol. The Hall–Kier alpha value is -0.570. The zero-order valence-electron chi connectivity index (χ0n) is 10.0. The molecule has 1 aliphatic rings. The summed E-state index contributed by atoms with van der Waals surface area (Å²) in [6.07, 6.45) is 6.66. The first-order valence-corrected chi connectivity index (χ1v) is 6.16. The summed E-state index contributed by atoms with van der Waals surface area (Å²) in [5.41, 5.74) is 0. The second kappa shape index (κ2) is 6.83. The third-order valence-corrected chi connectivity index (χ3v) is 3.19. The van der Waals surface area contributed by atoms with Crippen LogP contribution in [-0.2, 0) is 4.79 Å². The van der Waals surface area contributed by atoms with Gasteiger partial charge in [0.2, 0.25) is 5.91 Å². The van der Waals surface area contributed by atoms with E-state index in [-0.39, 0.29) is 5.91 Å². The first-order chi connectivity index (χ1) is 7.18. The topological polar surface area (TPSA) is 41.1 Å². The van der Waals surface area contributed by atoms with Gasteiger partial charge in [-0.05, 0) is 25.2 Å². The van der Waals surface area contributed by atoms with Crippen molar-refractivity contribution in [3.05, 3.63) is 0 Å². The van der Waals surface area contributed by atoms with Crippen molar-refractivity contribution in [2.75, 3.05) is 13.1 Å². The molecule has 1 saturated carbocycles. The highest BCUT2D eigenvalue weighted by molar-refractivity contribution is 5.72. The van der Waals surface area contributed by atoms with Gasteiger partial charge in [-0.15, -0.1) is 0 Å². The Morgan fingerprint density at radius 1 is 1.20 bits per heavy atom. The van der Waals surface area contributed by atoms with Crippen molar-refractivity contribution in [3.8, 4) is 0 Å². The molecule has 2 atom stereocenters. The molecule has 0 aliphatic heterocycles. The van der Waals surface area contributed by atoms with E-state index in [2.05, 4.69) is 17.6 Å². The van der Waals surface area contributed by atoms with Crippen LogP contribution in [0.4, 0.5) is 0 Å². The predicted octanol–water partition coefficient (Wildman–Crippen LogP) is 1.68. The fraction of sp³-hybridized carbons (Fsp3) is 0.917. The molecule has 15 heavy (non-hydrogen) atoms. The van der Waals surface area contributed by atoms with Crippen LogP contribution in [0.2, 0.25) is 0 Å². The lowest BCUT2D eigenvalue weighted by molar-refractivity contribution is -0.118. The van der Waals surface area contributed by atoms with E-state index in [0.29, 0.717) is 6.04 Å². The predicted molar refractivity (Wildman–Crippen MR) is 62.7 cm³/mol. The maximum Gasteiger partial charge on any atom is 0.216 e. The van der Waals surface area contributed by atoms with Gasteiger partial charge in [0.25, 0.3) is 0 Å². The largest absolute Gasteiger partial charge is 0.355 e. The van der Waals surface area contributed by atoms with Crippen LogP contribution in [-0.4, -0.2) is 25.0 Å². The summed E-state index contributed by atoms with van der Waals surface area (Å²) in [5.74, 6) is 0.957. The molecule has 0 aromatic heterocycles. The molecule has 2 N–H and O–H groups in total. The molecule has 1 fully saturated rings. The zero-order valence-corrected chi connectivity index (χ0v) is 10.0. The number of hydrogen-bond acceptors (Lipinski definition) is 2. The Morgan fingerprint density at radius 2 is 2.00 bits per heavy atom. The number of nitrogens with one attached hydrogen (secondary N) is 2. The van der Waals surface area contributed by atoms with Gasteiger partial charge in [-0.1, -0.05) is 19.8 Å². The number of carbonyl (C=O) groups is 1. The molecule has 0 aromatic carbocycles. The molecule has 1 amide bonds. The number of hydrogen-bond donors (Lipinski definition) is 2. The van der Waals surface area contributed by atoms with E-state index < -0.39 is 0 Å². The van der Waals surface area contributed by atoms with Gasteiger partial charge < -0.3 is 10.6 Å². The maximum atomic E-state index is 10.7. The molecule has 0 radical (unpaired) electrons. The SMILES string of the molecule is CC(=O)NCCNC1CCCC(C)CC1. The van der Waals surface area contributed by atoms with E-state index >= 15 is 0 Å². The van der Waals surface area contributed by atoms with Gasteiger partial charge in [0, 0.05) is 26.1 Å². The third kappa shape index (κ3) is 5.78. The Labute approximate surface area is 93.0 Å². The lowest BCUT2D eigenvalue weighted by Gasteiger charge is -2.16. The molecule has 88 valence electrons. The summed E-state index contributed by atoms with van der Waals surface area (Å²) < 4.78 is 0. The van der Waals surface area contributed by atoms with Crippen molar-refractivity contribution >= 4 is 5.91 Å². The summed E-state index contributed by atoms with van der Waals surface area (Å²) in [7, 11) is 0. The molecule has 3 nitrogen and oxygen atoms in total. The molecule has 0 heterocycles. The summed E-state index contributed by atoms with van der Waals surface area (Å²) in [4.78, 5) is 10.7. The van der Waals surface area contributed by atoms with Crippen molar-refractivity contribution in [3.63, 3.8) is 0 Å². The van der Waals surface area contributed by atoms with Gasteiger partial charge in [0.05, 0.1) is 0 Å². The summed E-state index contributed by atoms with van der Waals surface area (Å²) >= 11 is 0. The fourth-order valence-electron chi connectivity index (χ4n) is 2.21. The van der Waals surface area contributed by atoms with Crippen LogP contribution in [0.3, 0.4) is 0 Å². The van der Waals surface area contributed by atoms with Gasteiger partial charge >= 0.3 is 0 Å². The van der Waals surface area contributed by atoms with Gasteiger partial charge in [-0.25, -0.2) is 0 Å². The Morgan fingerprint density at radius 3 is 2.73 bits per heavy atom. The third-order valence-electron chi connectivity index (χ3n) is 3.19. The number of carbonyl (C=O) groups excluding carboxylic acids is 1. The van der Waals surface area contributed by atoms with Crippen molar-refractivity contribution < 1.29 is 4.79 Å². The van der Waals surface area contributed by atoms with Crippen molar-refractivity contribution in [1.29, 1.82) is 0 Å². The lowest BCUT2D eigenvalue weighted by Crippen LogP contribution is -2.36. The van der Waals surface area contributed by atoms with Gasteiger partial charge in [-0.2, -0.15) is 0 Å². The van der Waals surface area contributed by atoms with E-state index in [1.165, 1.54) is 32.1 Å². The van der Waals surface area contributed by atoms with Crippen molar-refractivity contribution in [2.24, 2.45) is 5.92 Å². The second-order valence-corrected chi connectivity index (χ2v) is 4.75. The molecule has 1 aliphatic carbocycles. The van der Waals surface area contributed by atoms with E-state index in [1.807, 2.05) is 0 Å². The summed E-state index contributed by atoms with van der Waals surface area (Å²) in [5, 5.41) is 6.33. The Balaban J connectivity index is 2.07. The highest BCUT2D eigenvalue weighted by Gasteiger charge is 2.14. The van der Waals surface area contributed by atoms with E-state index in [9.17, 15) is 4.79 Å². The molecule has 0 spiro atoms. The average molecular weight is 212 g/mol. The summed E-state index contributed by atoms with van der Waals surface area (Å²) in [6.45, 7) is 5.56. The first-order valence-electron chi connectivity index (χ1n) is 6.16. The molecule has 0 saturated heterocycles. The van der Waals surface area contributed by atoms with Crippen molar-refractivity contribution in [1.82, 2.24) is 10.6 Å². The van der Waals surface area contributed by atoms with Crippen LogP contribution >= 0.6 is 0 Å². The Kier molecular flexibility index (Phi) is 5.69. The average Bonchev–Trinajstić information content (AvgIpc) is 2.38. The number of rotatable bonds is 4. The van der Waals surface area contributed by atoms with Crippen LogP contribution in [0.15, 0.2) is 0 Å². The normalized spacial score (nSPS) is 27.1. The van der Waals surface area contributed by atoms with Gasteiger partial charge in [0.15, 0.2) is 0 Å². The summed E-state index contributed by atoms with van der Waals surface area (Å²) in [6, 6.07) is 0.670. The minimum atomic E-state index is 0.0614.